The van der Waals surface area contributed by atoms with E-state index in [1.54, 1.807) is 0 Å². The average Bonchev–Trinajstić information content (AvgIpc) is 3.12. The molecule has 2 atom stereocenters. The molecule has 5 N–H and O–H groups in total. The van der Waals surface area contributed by atoms with Crippen LogP contribution in [-0.2, 0) is 23.9 Å². The van der Waals surface area contributed by atoms with Gasteiger partial charge in [-0.2, -0.15) is 0 Å². The van der Waals surface area contributed by atoms with E-state index >= 15 is 0 Å². The zero-order chi connectivity index (χ0) is 32.7. The predicted octanol–water partition coefficient (Wildman–Crippen LogP) is 5.42. The Kier molecular flexibility index (Phi) is 15.6. The highest BCUT2D eigenvalue weighted by atomic mass is 16.5. The number of carbonyl (C=O) groups excluding carboxylic acids is 4. The summed E-state index contributed by atoms with van der Waals surface area (Å²) in [7, 11) is 0. The Hall–Kier alpha value is -3.20. The lowest BCUT2D eigenvalue weighted by Crippen LogP contribution is -2.47. The first-order valence-corrected chi connectivity index (χ1v) is 16.3. The number of rotatable bonds is 19. The molecule has 0 fully saturated rings. The highest BCUT2D eigenvalue weighted by Gasteiger charge is 2.36. The molecule has 9 heteroatoms. The van der Waals surface area contributed by atoms with Crippen molar-refractivity contribution in [1.82, 2.24) is 16.0 Å². The topological polar surface area (TPSA) is 140 Å². The number of hydrogen-bond acceptors (Lipinski definition) is 6. The molecular formula is C35H56N4O5. The van der Waals surface area contributed by atoms with Crippen LogP contribution >= 0.6 is 0 Å². The van der Waals surface area contributed by atoms with Crippen molar-refractivity contribution in [3.63, 3.8) is 0 Å². The highest BCUT2D eigenvalue weighted by Crippen LogP contribution is 2.49. The van der Waals surface area contributed by atoms with E-state index in [2.05, 4.69) is 68.8 Å². The lowest BCUT2D eigenvalue weighted by atomic mass is 9.75. The van der Waals surface area contributed by atoms with Crippen LogP contribution in [0.25, 0.3) is 0 Å². The van der Waals surface area contributed by atoms with Gasteiger partial charge in [-0.05, 0) is 96.6 Å². The van der Waals surface area contributed by atoms with Crippen molar-refractivity contribution in [2.75, 3.05) is 13.1 Å². The van der Waals surface area contributed by atoms with Gasteiger partial charge >= 0.3 is 5.97 Å². The molecule has 9 nitrogen and oxygen atoms in total. The number of nitrogens with one attached hydrogen (secondary N) is 3. The number of carbonyl (C=O) groups is 4. The fraction of sp³-hybridized carbons (Fsp3) is 0.657. The van der Waals surface area contributed by atoms with Gasteiger partial charge in [0.15, 0.2) is 6.23 Å². The summed E-state index contributed by atoms with van der Waals surface area (Å²) in [5.74, 6) is -0.807. The maximum Gasteiger partial charge on any atom is 0.304 e. The lowest BCUT2D eigenvalue weighted by Gasteiger charge is -2.29. The van der Waals surface area contributed by atoms with Gasteiger partial charge in [0, 0.05) is 38.3 Å². The summed E-state index contributed by atoms with van der Waals surface area (Å²) in [6, 6.07) is -0.708. The Labute approximate surface area is 264 Å². The highest BCUT2D eigenvalue weighted by molar-refractivity contribution is 5.87. The Morgan fingerprint density at radius 1 is 0.886 bits per heavy atom. The molecular weight excluding hydrogens is 556 g/mol. The van der Waals surface area contributed by atoms with E-state index in [0.29, 0.717) is 51.6 Å². The van der Waals surface area contributed by atoms with Crippen molar-refractivity contribution in [2.45, 2.75) is 131 Å². The van der Waals surface area contributed by atoms with Crippen LogP contribution in [0.4, 0.5) is 0 Å². The van der Waals surface area contributed by atoms with Crippen LogP contribution in [0.5, 0.6) is 0 Å². The first kappa shape index (κ1) is 37.0. The number of hydrogen-bond donors (Lipinski definition) is 4. The van der Waals surface area contributed by atoms with Gasteiger partial charge in [0.25, 0.3) is 0 Å². The lowest BCUT2D eigenvalue weighted by molar-refractivity contribution is -0.146. The molecule has 2 aliphatic rings. The van der Waals surface area contributed by atoms with Crippen molar-refractivity contribution in [3.05, 3.63) is 46.1 Å². The van der Waals surface area contributed by atoms with E-state index in [9.17, 15) is 19.2 Å². The quantitative estimate of drug-likeness (QED) is 0.0873. The molecule has 246 valence electrons. The molecule has 0 aliphatic heterocycles. The molecule has 0 heterocycles. The van der Waals surface area contributed by atoms with Gasteiger partial charge in [0.05, 0.1) is 0 Å². The molecule has 0 aromatic rings. The molecule has 0 aromatic carbocycles. The minimum Gasteiger partial charge on any atom is -0.447 e. The van der Waals surface area contributed by atoms with Crippen LogP contribution in [0.15, 0.2) is 46.1 Å². The number of amides is 3. The first-order chi connectivity index (χ1) is 20.8. The second kappa shape index (κ2) is 18.6. The van der Waals surface area contributed by atoms with Crippen LogP contribution in [0.2, 0.25) is 0 Å². The third-order valence-electron chi connectivity index (χ3n) is 9.33. The van der Waals surface area contributed by atoms with E-state index in [1.165, 1.54) is 34.8 Å². The van der Waals surface area contributed by atoms with E-state index in [-0.39, 0.29) is 23.1 Å². The SMILES string of the molecule is CC(=O)OC(N)CCC[C@H](NC(=O)CCC1(C)C(C)=C(C)C(C)=C1C)C(=O)NCCCCCC(=O)NCCC1=CCCC=C1. The molecule has 44 heavy (non-hydrogen) atoms. The van der Waals surface area contributed by atoms with Crippen LogP contribution in [0.1, 0.15) is 119 Å². The summed E-state index contributed by atoms with van der Waals surface area (Å²) in [4.78, 5) is 49.5. The van der Waals surface area contributed by atoms with Gasteiger partial charge in [-0.3, -0.25) is 24.9 Å². The Morgan fingerprint density at radius 2 is 1.59 bits per heavy atom. The molecule has 1 unspecified atom stereocenters. The molecule has 0 saturated heterocycles. The van der Waals surface area contributed by atoms with Crippen molar-refractivity contribution in [1.29, 1.82) is 0 Å². The Balaban J connectivity index is 1.78. The zero-order valence-electron chi connectivity index (χ0n) is 27.9. The average molecular weight is 613 g/mol. The van der Waals surface area contributed by atoms with Gasteiger partial charge in [0.2, 0.25) is 17.7 Å². The number of ether oxygens (including phenoxy) is 1. The fourth-order valence-corrected chi connectivity index (χ4v) is 5.95. The van der Waals surface area contributed by atoms with Crippen LogP contribution in [0.3, 0.4) is 0 Å². The summed E-state index contributed by atoms with van der Waals surface area (Å²) < 4.78 is 4.99. The van der Waals surface area contributed by atoms with E-state index < -0.39 is 18.2 Å². The number of nitrogens with two attached hydrogens (primary N) is 1. The zero-order valence-corrected chi connectivity index (χ0v) is 27.9. The minimum absolute atomic E-state index is 0.0531. The molecule has 0 spiro atoms. The van der Waals surface area contributed by atoms with Gasteiger partial charge in [-0.15, -0.1) is 0 Å². The smallest absolute Gasteiger partial charge is 0.304 e. The van der Waals surface area contributed by atoms with Crippen molar-refractivity contribution in [3.8, 4) is 0 Å². The third kappa shape index (κ3) is 12.1. The van der Waals surface area contributed by atoms with Crippen molar-refractivity contribution in [2.24, 2.45) is 11.1 Å². The van der Waals surface area contributed by atoms with E-state index in [0.717, 1.165) is 38.5 Å². The number of esters is 1. The van der Waals surface area contributed by atoms with Gasteiger partial charge in [-0.1, -0.05) is 48.3 Å². The summed E-state index contributed by atoms with van der Waals surface area (Å²) in [5.41, 5.74) is 12.1. The van der Waals surface area contributed by atoms with Gasteiger partial charge in [0.1, 0.15) is 6.04 Å². The van der Waals surface area contributed by atoms with Gasteiger partial charge < -0.3 is 20.7 Å². The monoisotopic (exact) mass is 612 g/mol. The second-order valence-corrected chi connectivity index (χ2v) is 12.5. The van der Waals surface area contributed by atoms with Crippen LogP contribution in [0, 0.1) is 5.41 Å². The summed E-state index contributed by atoms with van der Waals surface area (Å²) in [5, 5.41) is 8.88. The maximum atomic E-state index is 13.1. The molecule has 2 rings (SSSR count). The third-order valence-corrected chi connectivity index (χ3v) is 9.33. The molecule has 0 radical (unpaired) electrons. The van der Waals surface area contributed by atoms with Crippen molar-refractivity contribution < 1.29 is 23.9 Å². The standard InChI is InChI=1S/C35H56N4O5/c1-24-25(2)27(4)35(6,26(24)3)21-19-33(42)39-30(16-13-17-31(36)44-28(5)40)34(43)38-22-12-8-11-18-32(41)37-23-20-29-14-9-7-10-15-29/h9,14-15,30-31H,7-8,10-13,16-23,36H2,1-6H3,(H,37,41)(H,38,43)(H,39,42)/t30-,31?/m0/s1. The van der Waals surface area contributed by atoms with Gasteiger partial charge in [-0.25, -0.2) is 0 Å². The van der Waals surface area contributed by atoms with E-state index in [4.69, 9.17) is 10.5 Å². The largest absolute Gasteiger partial charge is 0.447 e. The molecule has 0 aromatic heterocycles. The predicted molar refractivity (Wildman–Crippen MR) is 175 cm³/mol. The van der Waals surface area contributed by atoms with E-state index in [1.807, 2.05) is 0 Å². The summed E-state index contributed by atoms with van der Waals surface area (Å²) in [6.45, 7) is 13.1. The maximum absolute atomic E-state index is 13.1. The number of allylic oxidation sites excluding steroid dienone is 7. The fourth-order valence-electron chi connectivity index (χ4n) is 5.95. The number of unbranched alkanes of at least 4 members (excludes halogenated alkanes) is 2. The molecule has 2 aliphatic carbocycles. The van der Waals surface area contributed by atoms with Crippen LogP contribution in [-0.4, -0.2) is 49.1 Å². The Morgan fingerprint density at radius 3 is 2.23 bits per heavy atom. The summed E-state index contributed by atoms with van der Waals surface area (Å²) in [6.07, 6.45) is 13.8. The summed E-state index contributed by atoms with van der Waals surface area (Å²) >= 11 is 0. The normalized spacial score (nSPS) is 17.2. The Bertz CT molecular complexity index is 1130. The van der Waals surface area contributed by atoms with Crippen LogP contribution < -0.4 is 21.7 Å². The second-order valence-electron chi connectivity index (χ2n) is 12.5. The van der Waals surface area contributed by atoms with Crippen molar-refractivity contribution >= 4 is 23.7 Å². The molecule has 0 saturated carbocycles. The molecule has 3 amide bonds. The first-order valence-electron chi connectivity index (χ1n) is 16.3. The minimum atomic E-state index is -0.747. The molecule has 0 bridgehead atoms.